The highest BCUT2D eigenvalue weighted by Gasteiger charge is 2.17. The van der Waals surface area contributed by atoms with Crippen LogP contribution < -0.4 is 0 Å². The highest BCUT2D eigenvalue weighted by atomic mass is 16.5. The van der Waals surface area contributed by atoms with Gasteiger partial charge in [0, 0.05) is 19.2 Å². The smallest absolute Gasteiger partial charge is 0.0900 e. The first-order valence-electron chi connectivity index (χ1n) is 6.71. The molecule has 0 aromatic rings. The molecule has 1 heterocycles. The average molecular weight is 245 g/mol. The second-order valence-electron chi connectivity index (χ2n) is 5.02. The molecule has 1 aliphatic rings. The zero-order valence-electron chi connectivity index (χ0n) is 11.4. The van der Waals surface area contributed by atoms with E-state index in [2.05, 4.69) is 18.7 Å². The molecule has 1 rings (SSSR count). The van der Waals surface area contributed by atoms with Crippen molar-refractivity contribution in [3.8, 4) is 0 Å². The number of likely N-dealkylation sites (N-methyl/N-ethyl adjacent to an activating group) is 1. The molecule has 0 aromatic carbocycles. The molecule has 0 aliphatic carbocycles. The first-order valence-corrected chi connectivity index (χ1v) is 6.71. The standard InChI is InChI=1S/C13H27NO3/c1-4-11(2)14(3)8-12(15)9-16-10-13-6-5-7-17-13/h11-13,15H,4-10H2,1-3H3. The monoisotopic (exact) mass is 245 g/mol. The van der Waals surface area contributed by atoms with Gasteiger partial charge in [0.25, 0.3) is 0 Å². The summed E-state index contributed by atoms with van der Waals surface area (Å²) < 4.78 is 10.9. The highest BCUT2D eigenvalue weighted by molar-refractivity contribution is 4.67. The number of nitrogens with zero attached hydrogens (tertiary/aromatic N) is 1. The molecule has 0 radical (unpaired) electrons. The molecule has 1 N–H and O–H groups in total. The first-order chi connectivity index (χ1) is 8.13. The predicted molar refractivity (Wildman–Crippen MR) is 68.2 cm³/mol. The number of hydrogen-bond acceptors (Lipinski definition) is 4. The Kier molecular flexibility index (Phi) is 7.04. The number of aliphatic hydroxyl groups is 1. The Morgan fingerprint density at radius 3 is 2.88 bits per heavy atom. The minimum atomic E-state index is -0.407. The summed E-state index contributed by atoms with van der Waals surface area (Å²) >= 11 is 0. The Balaban J connectivity index is 2.05. The van der Waals surface area contributed by atoms with Gasteiger partial charge in [-0.15, -0.1) is 0 Å². The molecule has 0 aromatic heterocycles. The Morgan fingerprint density at radius 1 is 1.53 bits per heavy atom. The zero-order chi connectivity index (χ0) is 12.7. The van der Waals surface area contributed by atoms with Crippen molar-refractivity contribution in [3.05, 3.63) is 0 Å². The molecule has 0 saturated carbocycles. The summed E-state index contributed by atoms with van der Waals surface area (Å²) in [6, 6.07) is 0.503. The van der Waals surface area contributed by atoms with Crippen LogP contribution in [-0.2, 0) is 9.47 Å². The normalized spacial score (nSPS) is 24.2. The van der Waals surface area contributed by atoms with Gasteiger partial charge in [0.2, 0.25) is 0 Å². The van der Waals surface area contributed by atoms with Crippen LogP contribution in [0, 0.1) is 0 Å². The largest absolute Gasteiger partial charge is 0.389 e. The van der Waals surface area contributed by atoms with Gasteiger partial charge in [-0.2, -0.15) is 0 Å². The Labute approximate surface area is 105 Å². The molecular weight excluding hydrogens is 218 g/mol. The van der Waals surface area contributed by atoms with Gasteiger partial charge < -0.3 is 19.5 Å². The van der Waals surface area contributed by atoms with Gasteiger partial charge in [0.05, 0.1) is 25.4 Å². The second kappa shape index (κ2) is 8.03. The maximum absolute atomic E-state index is 9.83. The molecule has 1 fully saturated rings. The molecule has 1 saturated heterocycles. The lowest BCUT2D eigenvalue weighted by atomic mass is 10.2. The number of aliphatic hydroxyl groups excluding tert-OH is 1. The van der Waals surface area contributed by atoms with E-state index < -0.39 is 6.10 Å². The maximum atomic E-state index is 9.83. The van der Waals surface area contributed by atoms with Crippen LogP contribution in [0.25, 0.3) is 0 Å². The summed E-state index contributed by atoms with van der Waals surface area (Å²) in [5.41, 5.74) is 0. The fourth-order valence-electron chi connectivity index (χ4n) is 1.99. The van der Waals surface area contributed by atoms with Gasteiger partial charge in [-0.1, -0.05) is 6.92 Å². The van der Waals surface area contributed by atoms with E-state index in [1.807, 2.05) is 7.05 Å². The van der Waals surface area contributed by atoms with Gasteiger partial charge >= 0.3 is 0 Å². The Bertz CT molecular complexity index is 195. The summed E-state index contributed by atoms with van der Waals surface area (Å²) in [6.45, 7) is 6.86. The van der Waals surface area contributed by atoms with E-state index in [-0.39, 0.29) is 6.10 Å². The van der Waals surface area contributed by atoms with E-state index in [1.54, 1.807) is 0 Å². The van der Waals surface area contributed by atoms with Crippen molar-refractivity contribution in [2.75, 3.05) is 33.4 Å². The van der Waals surface area contributed by atoms with Crippen molar-refractivity contribution >= 4 is 0 Å². The van der Waals surface area contributed by atoms with E-state index in [9.17, 15) is 5.11 Å². The van der Waals surface area contributed by atoms with Gasteiger partial charge in [-0.05, 0) is 33.2 Å². The fraction of sp³-hybridized carbons (Fsp3) is 1.00. The quantitative estimate of drug-likeness (QED) is 0.699. The van der Waals surface area contributed by atoms with Crippen molar-refractivity contribution in [1.82, 2.24) is 4.90 Å². The van der Waals surface area contributed by atoms with Crippen molar-refractivity contribution in [2.24, 2.45) is 0 Å². The first kappa shape index (κ1) is 14.9. The molecule has 3 atom stereocenters. The molecule has 0 amide bonds. The van der Waals surface area contributed by atoms with Gasteiger partial charge in [-0.3, -0.25) is 0 Å². The molecular formula is C13H27NO3. The van der Waals surface area contributed by atoms with E-state index in [4.69, 9.17) is 9.47 Å². The van der Waals surface area contributed by atoms with Crippen LogP contribution in [0.3, 0.4) is 0 Å². The molecule has 3 unspecified atom stereocenters. The van der Waals surface area contributed by atoms with Crippen LogP contribution in [-0.4, -0.2) is 61.7 Å². The molecule has 4 heteroatoms. The minimum Gasteiger partial charge on any atom is -0.389 e. The Morgan fingerprint density at radius 2 is 2.29 bits per heavy atom. The number of rotatable bonds is 8. The van der Waals surface area contributed by atoms with E-state index >= 15 is 0 Å². The number of ether oxygens (including phenoxy) is 2. The average Bonchev–Trinajstić information content (AvgIpc) is 2.80. The second-order valence-corrected chi connectivity index (χ2v) is 5.02. The lowest BCUT2D eigenvalue weighted by molar-refractivity contribution is -0.0257. The van der Waals surface area contributed by atoms with Crippen LogP contribution in [0.2, 0.25) is 0 Å². The van der Waals surface area contributed by atoms with Crippen LogP contribution in [0.4, 0.5) is 0 Å². The van der Waals surface area contributed by atoms with Gasteiger partial charge in [0.1, 0.15) is 0 Å². The third-order valence-electron chi connectivity index (χ3n) is 3.48. The molecule has 0 bridgehead atoms. The third-order valence-corrected chi connectivity index (χ3v) is 3.48. The lowest BCUT2D eigenvalue weighted by Gasteiger charge is -2.26. The van der Waals surface area contributed by atoms with Crippen molar-refractivity contribution in [2.45, 2.75) is 51.4 Å². The SMILES string of the molecule is CCC(C)N(C)CC(O)COCC1CCCO1. The van der Waals surface area contributed by atoms with Crippen molar-refractivity contribution in [3.63, 3.8) is 0 Å². The van der Waals surface area contributed by atoms with Crippen LogP contribution in [0.5, 0.6) is 0 Å². The predicted octanol–water partition coefficient (Wildman–Crippen LogP) is 1.27. The van der Waals surface area contributed by atoms with Crippen LogP contribution in [0.15, 0.2) is 0 Å². The minimum absolute atomic E-state index is 0.245. The van der Waals surface area contributed by atoms with Crippen LogP contribution in [0.1, 0.15) is 33.1 Å². The highest BCUT2D eigenvalue weighted by Crippen LogP contribution is 2.12. The molecule has 0 spiro atoms. The third kappa shape index (κ3) is 5.82. The van der Waals surface area contributed by atoms with Crippen molar-refractivity contribution < 1.29 is 14.6 Å². The summed E-state index contributed by atoms with van der Waals surface area (Å²) in [5, 5.41) is 9.83. The number of hydrogen-bond donors (Lipinski definition) is 1. The molecule has 17 heavy (non-hydrogen) atoms. The fourth-order valence-corrected chi connectivity index (χ4v) is 1.99. The van der Waals surface area contributed by atoms with E-state index in [0.29, 0.717) is 25.8 Å². The maximum Gasteiger partial charge on any atom is 0.0900 e. The Hall–Kier alpha value is -0.160. The summed E-state index contributed by atoms with van der Waals surface area (Å²) in [6.07, 6.45) is 3.15. The van der Waals surface area contributed by atoms with Crippen LogP contribution >= 0.6 is 0 Å². The van der Waals surface area contributed by atoms with E-state index in [0.717, 1.165) is 25.9 Å². The van der Waals surface area contributed by atoms with Gasteiger partial charge in [0.15, 0.2) is 0 Å². The molecule has 102 valence electrons. The van der Waals surface area contributed by atoms with Gasteiger partial charge in [-0.25, -0.2) is 0 Å². The summed E-state index contributed by atoms with van der Waals surface area (Å²) in [5.74, 6) is 0. The molecule has 1 aliphatic heterocycles. The van der Waals surface area contributed by atoms with Crippen molar-refractivity contribution in [1.29, 1.82) is 0 Å². The lowest BCUT2D eigenvalue weighted by Crippen LogP contribution is -2.37. The molecule has 4 nitrogen and oxygen atoms in total. The zero-order valence-corrected chi connectivity index (χ0v) is 11.4. The van der Waals surface area contributed by atoms with E-state index in [1.165, 1.54) is 0 Å². The summed E-state index contributed by atoms with van der Waals surface area (Å²) in [7, 11) is 2.04. The topological polar surface area (TPSA) is 41.9 Å². The summed E-state index contributed by atoms with van der Waals surface area (Å²) in [4.78, 5) is 2.17.